The molecule has 5 nitrogen and oxygen atoms in total. The number of carbonyl (C=O) groups excluding carboxylic acids is 1. The number of nitrogens with zero attached hydrogens (tertiary/aromatic N) is 1. The van der Waals surface area contributed by atoms with E-state index in [0.29, 0.717) is 18.1 Å². The Morgan fingerprint density at radius 2 is 2.19 bits per heavy atom. The topological polar surface area (TPSA) is 59.9 Å². The summed E-state index contributed by atoms with van der Waals surface area (Å²) in [6.07, 6.45) is 3.37. The number of hydrogen-bond acceptors (Lipinski definition) is 4. The number of methoxy groups -OCH3 is 1. The van der Waals surface area contributed by atoms with Gasteiger partial charge in [0.15, 0.2) is 11.6 Å². The van der Waals surface area contributed by atoms with E-state index in [0.717, 1.165) is 12.8 Å². The molecular formula is C19H22ClFN2O3. The minimum Gasteiger partial charge on any atom is -0.494 e. The zero-order chi connectivity index (χ0) is 19.1. The van der Waals surface area contributed by atoms with Crippen LogP contribution in [-0.4, -0.2) is 26.3 Å². The SMILES string of the molecule is C=N/C(OCC1CCC1)=C(\C(=C)Cl)C(=O)NCc1ccc(OC)c(F)c1. The second-order valence-electron chi connectivity index (χ2n) is 6.00. The first-order valence-electron chi connectivity index (χ1n) is 8.25. The summed E-state index contributed by atoms with van der Waals surface area (Å²) in [7, 11) is 1.39. The highest BCUT2D eigenvalue weighted by atomic mass is 35.5. The van der Waals surface area contributed by atoms with E-state index in [2.05, 4.69) is 23.6 Å². The van der Waals surface area contributed by atoms with Crippen molar-refractivity contribution in [3.05, 3.63) is 52.6 Å². The molecule has 0 saturated heterocycles. The number of nitrogens with one attached hydrogen (secondary N) is 1. The molecular weight excluding hydrogens is 359 g/mol. The first-order chi connectivity index (χ1) is 12.5. The highest BCUT2D eigenvalue weighted by molar-refractivity contribution is 6.35. The third-order valence-electron chi connectivity index (χ3n) is 4.21. The Labute approximate surface area is 157 Å². The van der Waals surface area contributed by atoms with Gasteiger partial charge in [-0.1, -0.05) is 30.7 Å². The number of aliphatic imine (C=N–C) groups is 1. The van der Waals surface area contributed by atoms with Gasteiger partial charge < -0.3 is 14.8 Å². The number of benzene rings is 1. The summed E-state index contributed by atoms with van der Waals surface area (Å²) in [4.78, 5) is 16.3. The molecule has 0 aliphatic heterocycles. The number of rotatable bonds is 9. The van der Waals surface area contributed by atoms with Crippen LogP contribution in [0, 0.1) is 11.7 Å². The highest BCUT2D eigenvalue weighted by Crippen LogP contribution is 2.28. The Balaban J connectivity index is 2.06. The lowest BCUT2D eigenvalue weighted by molar-refractivity contribution is -0.117. The predicted molar refractivity (Wildman–Crippen MR) is 99.7 cm³/mol. The number of ether oxygens (including phenoxy) is 2. The van der Waals surface area contributed by atoms with Crippen molar-refractivity contribution in [2.75, 3.05) is 13.7 Å². The molecule has 1 fully saturated rings. The standard InChI is InChI=1S/C19H22ClFN2O3/c1-12(20)17(19(22-2)26-11-13-5-4-6-13)18(24)23-10-14-7-8-16(25-3)15(21)9-14/h7-9,13H,1-2,4-6,10-11H2,3H3,(H,23,24)/b19-17-. The van der Waals surface area contributed by atoms with Crippen molar-refractivity contribution in [3.8, 4) is 5.75 Å². The molecule has 1 aliphatic carbocycles. The van der Waals surface area contributed by atoms with Crippen molar-refractivity contribution in [1.82, 2.24) is 5.32 Å². The molecule has 0 bridgehead atoms. The van der Waals surface area contributed by atoms with Crippen LogP contribution in [0.15, 0.2) is 46.3 Å². The molecule has 1 saturated carbocycles. The van der Waals surface area contributed by atoms with Gasteiger partial charge in [-0.15, -0.1) is 0 Å². The Hall–Kier alpha value is -2.34. The van der Waals surface area contributed by atoms with Crippen LogP contribution >= 0.6 is 11.6 Å². The van der Waals surface area contributed by atoms with E-state index in [-0.39, 0.29) is 28.8 Å². The molecule has 2 rings (SSSR count). The van der Waals surface area contributed by atoms with E-state index in [1.165, 1.54) is 25.7 Å². The van der Waals surface area contributed by atoms with E-state index >= 15 is 0 Å². The third kappa shape index (κ3) is 5.08. The number of halogens is 2. The average molecular weight is 381 g/mol. The molecule has 1 N–H and O–H groups in total. The summed E-state index contributed by atoms with van der Waals surface area (Å²) in [5.41, 5.74) is 0.592. The first kappa shape index (κ1) is 20.0. The summed E-state index contributed by atoms with van der Waals surface area (Å²) in [6, 6.07) is 4.44. The van der Waals surface area contributed by atoms with Crippen LogP contribution in [0.25, 0.3) is 0 Å². The van der Waals surface area contributed by atoms with Gasteiger partial charge in [0.1, 0.15) is 5.57 Å². The zero-order valence-electron chi connectivity index (χ0n) is 14.7. The second kappa shape index (κ2) is 9.38. The summed E-state index contributed by atoms with van der Waals surface area (Å²) in [5, 5.41) is 2.66. The minimum atomic E-state index is -0.516. The fraction of sp³-hybridized carbons (Fsp3) is 0.368. The minimum absolute atomic E-state index is 0.000536. The summed E-state index contributed by atoms with van der Waals surface area (Å²) >= 11 is 5.96. The lowest BCUT2D eigenvalue weighted by Crippen LogP contribution is -2.26. The van der Waals surface area contributed by atoms with E-state index in [9.17, 15) is 9.18 Å². The fourth-order valence-corrected chi connectivity index (χ4v) is 2.65. The van der Waals surface area contributed by atoms with Crippen LogP contribution in [0.5, 0.6) is 5.75 Å². The first-order valence-corrected chi connectivity index (χ1v) is 8.63. The van der Waals surface area contributed by atoms with Gasteiger partial charge in [0.2, 0.25) is 5.88 Å². The smallest absolute Gasteiger partial charge is 0.258 e. The largest absolute Gasteiger partial charge is 0.494 e. The maximum Gasteiger partial charge on any atom is 0.258 e. The van der Waals surface area contributed by atoms with Gasteiger partial charge in [-0.3, -0.25) is 4.79 Å². The van der Waals surface area contributed by atoms with E-state index < -0.39 is 11.7 Å². The molecule has 1 amide bonds. The summed E-state index contributed by atoms with van der Waals surface area (Å²) in [5.74, 6) is -0.374. The van der Waals surface area contributed by atoms with E-state index in [4.69, 9.17) is 21.1 Å². The normalized spacial score (nSPS) is 14.7. The molecule has 0 atom stereocenters. The van der Waals surface area contributed by atoms with Gasteiger partial charge in [-0.25, -0.2) is 9.38 Å². The lowest BCUT2D eigenvalue weighted by atomic mass is 9.86. The molecule has 0 unspecified atom stereocenters. The molecule has 7 heteroatoms. The van der Waals surface area contributed by atoms with E-state index in [1.54, 1.807) is 6.07 Å². The molecule has 0 spiro atoms. The average Bonchev–Trinajstić information content (AvgIpc) is 2.57. The highest BCUT2D eigenvalue weighted by Gasteiger charge is 2.22. The molecule has 26 heavy (non-hydrogen) atoms. The van der Waals surface area contributed by atoms with Gasteiger partial charge in [0.25, 0.3) is 5.91 Å². The molecule has 1 aromatic rings. The molecule has 0 heterocycles. The van der Waals surface area contributed by atoms with Crippen molar-refractivity contribution in [1.29, 1.82) is 0 Å². The van der Waals surface area contributed by atoms with Crippen LogP contribution in [0.2, 0.25) is 0 Å². The van der Waals surface area contributed by atoms with Crippen LogP contribution in [0.3, 0.4) is 0 Å². The monoisotopic (exact) mass is 380 g/mol. The Morgan fingerprint density at radius 3 is 2.69 bits per heavy atom. The van der Waals surface area contributed by atoms with Gasteiger partial charge in [0.05, 0.1) is 18.7 Å². The number of carbonyl (C=O) groups is 1. The Kier molecular flexibility index (Phi) is 7.21. The second-order valence-corrected chi connectivity index (χ2v) is 6.46. The summed E-state index contributed by atoms with van der Waals surface area (Å²) < 4.78 is 24.2. The Bertz CT molecular complexity index is 729. The van der Waals surface area contributed by atoms with Crippen LogP contribution in [0.4, 0.5) is 4.39 Å². The lowest BCUT2D eigenvalue weighted by Gasteiger charge is -2.25. The molecule has 140 valence electrons. The van der Waals surface area contributed by atoms with Crippen molar-refractivity contribution < 1.29 is 18.7 Å². The molecule has 0 aromatic heterocycles. The molecule has 1 aromatic carbocycles. The van der Waals surface area contributed by atoms with Crippen LogP contribution in [0.1, 0.15) is 24.8 Å². The Morgan fingerprint density at radius 1 is 1.46 bits per heavy atom. The number of amides is 1. The maximum atomic E-state index is 13.7. The van der Waals surface area contributed by atoms with Crippen LogP contribution in [-0.2, 0) is 16.1 Å². The molecule has 1 aliphatic rings. The van der Waals surface area contributed by atoms with Crippen molar-refractivity contribution in [2.24, 2.45) is 10.9 Å². The predicted octanol–water partition coefficient (Wildman–Crippen LogP) is 3.93. The third-order valence-corrected chi connectivity index (χ3v) is 4.39. The van der Waals surface area contributed by atoms with Gasteiger partial charge in [-0.05, 0) is 43.2 Å². The molecule has 0 radical (unpaired) electrons. The maximum absolute atomic E-state index is 13.7. The van der Waals surface area contributed by atoms with Crippen molar-refractivity contribution in [2.45, 2.75) is 25.8 Å². The zero-order valence-corrected chi connectivity index (χ0v) is 15.4. The summed E-state index contributed by atoms with van der Waals surface area (Å²) in [6.45, 7) is 7.60. The van der Waals surface area contributed by atoms with E-state index in [1.807, 2.05) is 0 Å². The van der Waals surface area contributed by atoms with Gasteiger partial charge in [-0.2, -0.15) is 0 Å². The van der Waals surface area contributed by atoms with Crippen LogP contribution < -0.4 is 10.1 Å². The van der Waals surface area contributed by atoms with Crippen molar-refractivity contribution in [3.63, 3.8) is 0 Å². The van der Waals surface area contributed by atoms with Gasteiger partial charge >= 0.3 is 0 Å². The van der Waals surface area contributed by atoms with Crippen molar-refractivity contribution >= 4 is 24.2 Å². The number of hydrogen-bond donors (Lipinski definition) is 1. The fourth-order valence-electron chi connectivity index (χ4n) is 2.48. The van der Waals surface area contributed by atoms with Gasteiger partial charge in [0, 0.05) is 6.54 Å². The quantitative estimate of drug-likeness (QED) is 0.305.